The van der Waals surface area contributed by atoms with Gasteiger partial charge in [0.1, 0.15) is 0 Å². The number of hydrogen-bond acceptors (Lipinski definition) is 1. The summed E-state index contributed by atoms with van der Waals surface area (Å²) in [5.41, 5.74) is 1.25. The Morgan fingerprint density at radius 3 is 1.50 bits per heavy atom. The number of hydrogen-bond donors (Lipinski definition) is 1. The van der Waals surface area contributed by atoms with Gasteiger partial charge in [0.25, 0.3) is 0 Å². The summed E-state index contributed by atoms with van der Waals surface area (Å²) < 4.78 is 0. The van der Waals surface area contributed by atoms with Crippen LogP contribution in [0.2, 0.25) is 0 Å². The zero-order valence-electron chi connectivity index (χ0n) is 12.2. The summed E-state index contributed by atoms with van der Waals surface area (Å²) in [5.74, 6) is 0. The molecule has 3 aromatic rings. The van der Waals surface area contributed by atoms with Crippen molar-refractivity contribution >= 4 is 28.6 Å². The Morgan fingerprint density at radius 1 is 0.636 bits per heavy atom. The molecule has 3 aromatic carbocycles. The molecule has 110 valence electrons. The fraction of sp³-hybridized carbons (Fsp3) is 0.0526. The van der Waals surface area contributed by atoms with Gasteiger partial charge < -0.3 is 0 Å². The lowest BCUT2D eigenvalue weighted by Crippen LogP contribution is -2.27. The Morgan fingerprint density at radius 2 is 1.05 bits per heavy atom. The fourth-order valence-corrected chi connectivity index (χ4v) is 5.58. The number of benzene rings is 3. The molecule has 0 aliphatic carbocycles. The Bertz CT molecular complexity index is 714. The molecule has 0 atom stereocenters. The molecule has 3 rings (SSSR count). The predicted molar refractivity (Wildman–Crippen MR) is 99.7 cm³/mol. The Hall–Kier alpha value is -1.73. The van der Waals surface area contributed by atoms with E-state index in [9.17, 15) is 0 Å². The highest BCUT2D eigenvalue weighted by Gasteiger charge is 2.21. The molecule has 0 saturated heterocycles. The third-order valence-electron chi connectivity index (χ3n) is 3.59. The van der Waals surface area contributed by atoms with E-state index < -0.39 is 6.19 Å². The van der Waals surface area contributed by atoms with Crippen molar-refractivity contribution in [1.29, 1.82) is 0 Å². The van der Waals surface area contributed by atoms with Gasteiger partial charge in [-0.3, -0.25) is 5.09 Å². The van der Waals surface area contributed by atoms with E-state index in [0.29, 0.717) is 0 Å². The van der Waals surface area contributed by atoms with Gasteiger partial charge in [-0.05, 0) is 5.56 Å². The molecule has 0 aliphatic heterocycles. The van der Waals surface area contributed by atoms with E-state index in [4.69, 9.17) is 11.8 Å². The van der Waals surface area contributed by atoms with Crippen LogP contribution < -0.4 is 15.7 Å². The first-order valence-corrected chi connectivity index (χ1v) is 10.1. The average Bonchev–Trinajstić information content (AvgIpc) is 2.62. The molecule has 0 bridgehead atoms. The summed E-state index contributed by atoms with van der Waals surface area (Å²) in [6, 6.07) is 31.2. The van der Waals surface area contributed by atoms with Gasteiger partial charge in [-0.25, -0.2) is 0 Å². The first-order chi connectivity index (χ1) is 10.8. The summed E-state index contributed by atoms with van der Waals surface area (Å²) >= 11 is 6.13. The van der Waals surface area contributed by atoms with E-state index >= 15 is 0 Å². The molecule has 1 nitrogen and oxygen atoms in total. The maximum absolute atomic E-state index is 6.13. The highest BCUT2D eigenvalue weighted by atomic mass is 32.4. The van der Waals surface area contributed by atoms with E-state index in [1.165, 1.54) is 16.2 Å². The largest absolute Gasteiger partial charge is 0.277 e. The molecule has 0 fully saturated rings. The van der Waals surface area contributed by atoms with Crippen molar-refractivity contribution in [3.05, 3.63) is 96.6 Å². The minimum absolute atomic E-state index is 0.780. The van der Waals surface area contributed by atoms with Crippen LogP contribution in [0.5, 0.6) is 0 Å². The Balaban J connectivity index is 1.95. The summed E-state index contributed by atoms with van der Waals surface area (Å²) in [6.45, 7) is 0.780. The van der Waals surface area contributed by atoms with Crippen LogP contribution in [0.1, 0.15) is 5.56 Å². The maximum Gasteiger partial charge on any atom is 0.0687 e. The zero-order valence-corrected chi connectivity index (χ0v) is 13.9. The highest BCUT2D eigenvalue weighted by Crippen LogP contribution is 2.39. The lowest BCUT2D eigenvalue weighted by molar-refractivity contribution is 0.967. The first-order valence-electron chi connectivity index (χ1n) is 7.29. The molecule has 0 saturated carbocycles. The van der Waals surface area contributed by atoms with Crippen molar-refractivity contribution in [2.45, 2.75) is 6.54 Å². The van der Waals surface area contributed by atoms with Crippen molar-refractivity contribution in [3.8, 4) is 0 Å². The molecule has 3 heteroatoms. The van der Waals surface area contributed by atoms with Crippen LogP contribution in [0.3, 0.4) is 0 Å². The summed E-state index contributed by atoms with van der Waals surface area (Å²) in [4.78, 5) is 0. The van der Waals surface area contributed by atoms with Crippen LogP contribution in [-0.4, -0.2) is 0 Å². The third kappa shape index (κ3) is 3.36. The van der Waals surface area contributed by atoms with E-state index in [-0.39, 0.29) is 0 Å². The van der Waals surface area contributed by atoms with Gasteiger partial charge in [0.2, 0.25) is 0 Å². The Labute approximate surface area is 137 Å². The summed E-state index contributed by atoms with van der Waals surface area (Å²) in [7, 11) is 0. The lowest BCUT2D eigenvalue weighted by Gasteiger charge is -2.24. The second-order valence-corrected chi connectivity index (χ2v) is 9.31. The topological polar surface area (TPSA) is 12.0 Å². The van der Waals surface area contributed by atoms with E-state index in [1.807, 2.05) is 18.2 Å². The van der Waals surface area contributed by atoms with Gasteiger partial charge in [0, 0.05) is 17.2 Å². The smallest absolute Gasteiger partial charge is 0.0687 e. The third-order valence-corrected chi connectivity index (χ3v) is 7.89. The molecule has 0 amide bonds. The fourth-order valence-electron chi connectivity index (χ4n) is 2.41. The lowest BCUT2D eigenvalue weighted by atomic mass is 10.2. The molecular formula is C19H18NPS. The average molecular weight is 323 g/mol. The van der Waals surface area contributed by atoms with Crippen molar-refractivity contribution in [1.82, 2.24) is 5.09 Å². The van der Waals surface area contributed by atoms with Crippen LogP contribution in [0, 0.1) is 0 Å². The van der Waals surface area contributed by atoms with Crippen molar-refractivity contribution < 1.29 is 0 Å². The Kier molecular flexibility index (Phi) is 4.84. The van der Waals surface area contributed by atoms with Crippen LogP contribution in [0.25, 0.3) is 0 Å². The first kappa shape index (κ1) is 15.2. The van der Waals surface area contributed by atoms with Crippen LogP contribution in [0.4, 0.5) is 0 Å². The van der Waals surface area contributed by atoms with Crippen molar-refractivity contribution in [2.24, 2.45) is 0 Å². The van der Waals surface area contributed by atoms with Gasteiger partial charge in [0.15, 0.2) is 0 Å². The molecule has 0 aromatic heterocycles. The second-order valence-electron chi connectivity index (χ2n) is 5.10. The highest BCUT2D eigenvalue weighted by molar-refractivity contribution is 8.20. The molecule has 22 heavy (non-hydrogen) atoms. The zero-order chi connectivity index (χ0) is 15.3. The molecule has 0 radical (unpaired) electrons. The van der Waals surface area contributed by atoms with Gasteiger partial charge in [-0.15, -0.1) is 0 Å². The molecule has 0 unspecified atom stereocenters. The molecule has 0 heterocycles. The SMILES string of the molecule is S=P(NCc1ccccc1)(c1ccccc1)c1ccccc1. The number of nitrogens with one attached hydrogen (secondary N) is 1. The van der Waals surface area contributed by atoms with E-state index in [2.05, 4.69) is 77.9 Å². The minimum Gasteiger partial charge on any atom is -0.277 e. The molecule has 0 spiro atoms. The summed E-state index contributed by atoms with van der Waals surface area (Å²) in [6.07, 6.45) is -2.01. The standard InChI is InChI=1S/C19H18NPS/c22-21(18-12-6-2-7-13-18,19-14-8-3-9-15-19)20-16-17-10-4-1-5-11-17/h1-15H,16H2,(H,20,22). The van der Waals surface area contributed by atoms with Gasteiger partial charge in [-0.1, -0.05) is 103 Å². The normalized spacial score (nSPS) is 11.3. The van der Waals surface area contributed by atoms with Crippen LogP contribution in [-0.2, 0) is 18.4 Å². The predicted octanol–water partition coefficient (Wildman–Crippen LogP) is 3.82. The monoisotopic (exact) mass is 323 g/mol. The van der Waals surface area contributed by atoms with E-state index in [1.54, 1.807) is 0 Å². The van der Waals surface area contributed by atoms with Crippen molar-refractivity contribution in [3.63, 3.8) is 0 Å². The van der Waals surface area contributed by atoms with Gasteiger partial charge >= 0.3 is 0 Å². The number of rotatable bonds is 5. The summed E-state index contributed by atoms with van der Waals surface area (Å²) in [5, 5.41) is 6.07. The van der Waals surface area contributed by atoms with Crippen LogP contribution in [0.15, 0.2) is 91.0 Å². The molecule has 0 aliphatic rings. The van der Waals surface area contributed by atoms with Gasteiger partial charge in [-0.2, -0.15) is 0 Å². The van der Waals surface area contributed by atoms with E-state index in [0.717, 1.165) is 6.54 Å². The minimum atomic E-state index is -2.01. The van der Waals surface area contributed by atoms with Gasteiger partial charge in [0.05, 0.1) is 6.19 Å². The quantitative estimate of drug-likeness (QED) is 0.716. The molecule has 1 N–H and O–H groups in total. The van der Waals surface area contributed by atoms with Crippen molar-refractivity contribution in [2.75, 3.05) is 0 Å². The molecular weight excluding hydrogens is 305 g/mol. The maximum atomic E-state index is 6.13. The second kappa shape index (κ2) is 7.02. The van der Waals surface area contributed by atoms with Crippen LogP contribution >= 0.6 is 6.19 Å².